The predicted octanol–water partition coefficient (Wildman–Crippen LogP) is 4.68. The SMILES string of the molecule is COCCOC(=O)C1=C(C)N=C2SC=C(CC(=O)Nc3ccc(F)cc3)N2C1c1cccs1. The number of halogens is 1. The number of anilines is 1. The van der Waals surface area contributed by atoms with Gasteiger partial charge < -0.3 is 19.7 Å². The number of amides is 1. The first-order chi connectivity index (χ1) is 16.0. The molecule has 10 heteroatoms. The molecule has 172 valence electrons. The molecule has 1 N–H and O–H groups in total. The summed E-state index contributed by atoms with van der Waals surface area (Å²) in [5.41, 5.74) is 2.24. The van der Waals surface area contributed by atoms with E-state index in [4.69, 9.17) is 9.47 Å². The first-order valence-corrected chi connectivity index (χ1v) is 11.9. The fourth-order valence-electron chi connectivity index (χ4n) is 3.55. The first kappa shape index (κ1) is 23.2. The molecule has 0 saturated carbocycles. The second kappa shape index (κ2) is 10.3. The van der Waals surface area contributed by atoms with Crippen molar-refractivity contribution in [1.82, 2.24) is 4.90 Å². The Morgan fingerprint density at radius 2 is 2.00 bits per heavy atom. The number of ether oxygens (including phenoxy) is 2. The van der Waals surface area contributed by atoms with Gasteiger partial charge in [-0.25, -0.2) is 14.2 Å². The van der Waals surface area contributed by atoms with Crippen LogP contribution in [-0.4, -0.2) is 42.3 Å². The van der Waals surface area contributed by atoms with Crippen LogP contribution in [0.25, 0.3) is 0 Å². The molecule has 2 aliphatic heterocycles. The minimum absolute atomic E-state index is 0.0658. The lowest BCUT2D eigenvalue weighted by Gasteiger charge is -2.35. The zero-order valence-electron chi connectivity index (χ0n) is 18.0. The summed E-state index contributed by atoms with van der Waals surface area (Å²) in [5.74, 6) is -1.09. The maximum atomic E-state index is 13.2. The van der Waals surface area contributed by atoms with Gasteiger partial charge in [-0.15, -0.1) is 11.3 Å². The van der Waals surface area contributed by atoms with E-state index in [1.807, 2.05) is 27.8 Å². The summed E-state index contributed by atoms with van der Waals surface area (Å²) in [6.45, 7) is 2.22. The number of hydrogen-bond donors (Lipinski definition) is 1. The molecule has 1 aromatic carbocycles. The summed E-state index contributed by atoms with van der Waals surface area (Å²) in [6.07, 6.45) is 0.0658. The van der Waals surface area contributed by atoms with E-state index in [-0.39, 0.29) is 24.8 Å². The maximum absolute atomic E-state index is 13.2. The molecule has 0 spiro atoms. The standard InChI is InChI=1S/C23H22FN3O4S2/c1-14-20(22(29)31-10-9-30-2)21(18-4-3-11-32-18)27-17(13-33-23(27)25-14)12-19(28)26-16-7-5-15(24)6-8-16/h3-8,11,13,21H,9-10,12H2,1-2H3,(H,26,28). The van der Waals surface area contributed by atoms with Gasteiger partial charge >= 0.3 is 5.97 Å². The summed E-state index contributed by atoms with van der Waals surface area (Å²) in [6, 6.07) is 9.01. The molecule has 0 aliphatic carbocycles. The van der Waals surface area contributed by atoms with E-state index in [1.165, 1.54) is 47.4 Å². The lowest BCUT2D eigenvalue weighted by atomic mass is 9.99. The number of amidine groups is 1. The third-order valence-corrected chi connectivity index (χ3v) is 6.84. The van der Waals surface area contributed by atoms with Gasteiger partial charge in [-0.3, -0.25) is 4.79 Å². The number of fused-ring (bicyclic) bond motifs is 1. The molecule has 0 fully saturated rings. The molecule has 2 aliphatic rings. The normalized spacial score (nSPS) is 17.4. The highest BCUT2D eigenvalue weighted by molar-refractivity contribution is 8.16. The number of hydrogen-bond acceptors (Lipinski definition) is 8. The van der Waals surface area contributed by atoms with E-state index in [0.29, 0.717) is 34.4 Å². The van der Waals surface area contributed by atoms with Crippen LogP contribution in [0, 0.1) is 5.82 Å². The molecule has 0 saturated heterocycles. The number of thiophene rings is 1. The molecule has 7 nitrogen and oxygen atoms in total. The van der Waals surface area contributed by atoms with E-state index in [9.17, 15) is 14.0 Å². The lowest BCUT2D eigenvalue weighted by Crippen LogP contribution is -2.37. The topological polar surface area (TPSA) is 80.2 Å². The Morgan fingerprint density at radius 1 is 1.21 bits per heavy atom. The number of aliphatic imine (C=N–C) groups is 1. The molecule has 0 bridgehead atoms. The molecule has 33 heavy (non-hydrogen) atoms. The van der Waals surface area contributed by atoms with Gasteiger partial charge in [0.2, 0.25) is 5.91 Å². The van der Waals surface area contributed by atoms with Crippen molar-refractivity contribution in [2.45, 2.75) is 19.4 Å². The summed E-state index contributed by atoms with van der Waals surface area (Å²) in [7, 11) is 1.54. The van der Waals surface area contributed by atoms with Gasteiger partial charge in [-0.1, -0.05) is 17.8 Å². The summed E-state index contributed by atoms with van der Waals surface area (Å²) < 4.78 is 23.6. The Morgan fingerprint density at radius 3 is 2.70 bits per heavy atom. The van der Waals surface area contributed by atoms with Crippen molar-refractivity contribution in [3.8, 4) is 0 Å². The molecule has 0 radical (unpaired) electrons. The number of benzene rings is 1. The molecule has 3 heterocycles. The number of esters is 1. The highest BCUT2D eigenvalue weighted by Gasteiger charge is 2.41. The van der Waals surface area contributed by atoms with Gasteiger partial charge in [0.05, 0.1) is 24.3 Å². The molecule has 1 unspecified atom stereocenters. The zero-order valence-corrected chi connectivity index (χ0v) is 19.7. The molecule has 4 rings (SSSR count). The number of nitrogens with one attached hydrogen (secondary N) is 1. The van der Waals surface area contributed by atoms with E-state index < -0.39 is 12.0 Å². The van der Waals surface area contributed by atoms with Gasteiger partial charge in [-0.2, -0.15) is 0 Å². The Bertz CT molecular complexity index is 1130. The van der Waals surface area contributed by atoms with E-state index in [1.54, 1.807) is 14.0 Å². The van der Waals surface area contributed by atoms with Crippen molar-refractivity contribution < 1.29 is 23.5 Å². The fraction of sp³-hybridized carbons (Fsp3) is 0.261. The summed E-state index contributed by atoms with van der Waals surface area (Å²) in [4.78, 5) is 33.2. The molecular formula is C23H22FN3O4S2. The Kier molecular flexibility index (Phi) is 7.26. The Labute approximate surface area is 199 Å². The second-order valence-corrected chi connectivity index (χ2v) is 9.08. The van der Waals surface area contributed by atoms with Crippen LogP contribution in [0.15, 0.2) is 69.1 Å². The smallest absolute Gasteiger partial charge is 0.338 e. The number of carbonyl (C=O) groups excluding carboxylic acids is 2. The highest BCUT2D eigenvalue weighted by atomic mass is 32.2. The van der Waals surface area contributed by atoms with Gasteiger partial charge in [-0.05, 0) is 48.0 Å². The van der Waals surface area contributed by atoms with Crippen LogP contribution in [-0.2, 0) is 19.1 Å². The van der Waals surface area contributed by atoms with Gasteiger partial charge in [0.15, 0.2) is 5.17 Å². The van der Waals surface area contributed by atoms with Crippen molar-refractivity contribution in [3.63, 3.8) is 0 Å². The third-order valence-electron chi connectivity index (χ3n) is 5.02. The minimum Gasteiger partial charge on any atom is -0.460 e. The van der Waals surface area contributed by atoms with Crippen molar-refractivity contribution in [1.29, 1.82) is 0 Å². The van der Waals surface area contributed by atoms with E-state index in [2.05, 4.69) is 10.3 Å². The van der Waals surface area contributed by atoms with Crippen molar-refractivity contribution in [2.24, 2.45) is 4.99 Å². The number of nitrogens with zero attached hydrogens (tertiary/aromatic N) is 2. The number of allylic oxidation sites excluding steroid dienone is 1. The number of rotatable bonds is 8. The second-order valence-electron chi connectivity index (χ2n) is 7.27. The van der Waals surface area contributed by atoms with Crippen LogP contribution >= 0.6 is 23.1 Å². The van der Waals surface area contributed by atoms with Crippen LogP contribution in [0.5, 0.6) is 0 Å². The zero-order chi connectivity index (χ0) is 23.4. The van der Waals surface area contributed by atoms with E-state index >= 15 is 0 Å². The third kappa shape index (κ3) is 5.18. The number of thioether (sulfide) groups is 1. The number of methoxy groups -OCH3 is 1. The highest BCUT2D eigenvalue weighted by Crippen LogP contribution is 2.45. The van der Waals surface area contributed by atoms with Crippen LogP contribution in [0.2, 0.25) is 0 Å². The molecular weight excluding hydrogens is 465 g/mol. The quantitative estimate of drug-likeness (QED) is 0.430. The predicted molar refractivity (Wildman–Crippen MR) is 127 cm³/mol. The monoisotopic (exact) mass is 487 g/mol. The molecule has 1 amide bonds. The molecule has 1 atom stereocenters. The lowest BCUT2D eigenvalue weighted by molar-refractivity contribution is -0.141. The van der Waals surface area contributed by atoms with Crippen LogP contribution < -0.4 is 5.32 Å². The first-order valence-electron chi connectivity index (χ1n) is 10.2. The average Bonchev–Trinajstić information content (AvgIpc) is 3.45. The minimum atomic E-state index is -0.460. The Balaban J connectivity index is 1.58. The van der Waals surface area contributed by atoms with Gasteiger partial charge in [0.25, 0.3) is 0 Å². The van der Waals surface area contributed by atoms with Crippen molar-refractivity contribution >= 4 is 45.8 Å². The van der Waals surface area contributed by atoms with Crippen LogP contribution in [0.3, 0.4) is 0 Å². The summed E-state index contributed by atoms with van der Waals surface area (Å²) in [5, 5.41) is 7.29. The van der Waals surface area contributed by atoms with Gasteiger partial charge in [0, 0.05) is 23.4 Å². The Hall–Kier alpha value is -2.95. The average molecular weight is 488 g/mol. The van der Waals surface area contributed by atoms with Crippen molar-refractivity contribution in [3.05, 3.63) is 74.8 Å². The number of carbonyl (C=O) groups is 2. The fourth-order valence-corrected chi connectivity index (χ4v) is 5.33. The maximum Gasteiger partial charge on any atom is 0.338 e. The van der Waals surface area contributed by atoms with Crippen molar-refractivity contribution in [2.75, 3.05) is 25.6 Å². The van der Waals surface area contributed by atoms with Crippen LogP contribution in [0.4, 0.5) is 10.1 Å². The largest absolute Gasteiger partial charge is 0.460 e. The van der Waals surface area contributed by atoms with E-state index in [0.717, 1.165) is 4.88 Å². The van der Waals surface area contributed by atoms with Gasteiger partial charge in [0.1, 0.15) is 18.5 Å². The van der Waals surface area contributed by atoms with Crippen LogP contribution in [0.1, 0.15) is 24.3 Å². The summed E-state index contributed by atoms with van der Waals surface area (Å²) >= 11 is 2.93. The molecule has 1 aromatic heterocycles. The molecule has 2 aromatic rings.